The third-order valence-electron chi connectivity index (χ3n) is 7.18. The molecule has 4 rings (SSSR count). The second kappa shape index (κ2) is 12.9. The summed E-state index contributed by atoms with van der Waals surface area (Å²) in [5, 5.41) is 12.9. The third-order valence-corrected chi connectivity index (χ3v) is 7.18. The average molecular weight is 618 g/mol. The van der Waals surface area contributed by atoms with Crippen LogP contribution in [0, 0.1) is 0 Å². The number of para-hydroxylation sites is 1. The fourth-order valence-electron chi connectivity index (χ4n) is 4.83. The fourth-order valence-corrected chi connectivity index (χ4v) is 4.83. The van der Waals surface area contributed by atoms with Gasteiger partial charge in [0.05, 0.1) is 17.2 Å². The second-order valence-corrected chi connectivity index (χ2v) is 10.3. The minimum absolute atomic E-state index is 0.0349. The number of halogens is 6. The number of hydrogen-bond acceptors (Lipinski definition) is 3. The van der Waals surface area contributed by atoms with Gasteiger partial charge in [0.25, 0.3) is 5.91 Å². The van der Waals surface area contributed by atoms with Gasteiger partial charge in [0.15, 0.2) is 0 Å². The first-order valence-corrected chi connectivity index (χ1v) is 13.5. The van der Waals surface area contributed by atoms with Crippen molar-refractivity contribution < 1.29 is 41.0 Å². The van der Waals surface area contributed by atoms with Crippen LogP contribution in [0.4, 0.5) is 26.3 Å². The first-order valence-electron chi connectivity index (χ1n) is 13.5. The van der Waals surface area contributed by atoms with Crippen LogP contribution in [0.15, 0.2) is 85.1 Å². The molecule has 1 atom stereocenters. The van der Waals surface area contributed by atoms with Gasteiger partial charge in [-0.15, -0.1) is 0 Å². The monoisotopic (exact) mass is 617 g/mol. The number of fused-ring (bicyclic) bond motifs is 1. The van der Waals surface area contributed by atoms with Gasteiger partial charge in [-0.1, -0.05) is 36.4 Å². The smallest absolute Gasteiger partial charge is 0.416 e. The van der Waals surface area contributed by atoms with Crippen LogP contribution in [0.2, 0.25) is 0 Å². The highest BCUT2D eigenvalue weighted by molar-refractivity contribution is 5.95. The van der Waals surface area contributed by atoms with E-state index in [0.717, 1.165) is 26.9 Å². The zero-order valence-corrected chi connectivity index (χ0v) is 23.7. The van der Waals surface area contributed by atoms with E-state index < -0.39 is 46.9 Å². The van der Waals surface area contributed by atoms with Gasteiger partial charge in [-0.3, -0.25) is 9.59 Å². The molecule has 6 nitrogen and oxygen atoms in total. The van der Waals surface area contributed by atoms with Crippen LogP contribution in [-0.2, 0) is 37.0 Å². The number of likely N-dealkylation sites (N-methyl/N-ethyl adjacent to an activating group) is 1. The standard InChI is InChI=1S/C32H29F6N3O3/c1-40-19-22(27-5-3-4-6-28(27)40)17-25(9-12-29(43)39-14-13-20-7-10-26(42)11-8-20)41(2)30(44)21-15-23(31(33,34)35)18-24(16-21)32(36,37)38/h3-12,15-16,18-19,25,42H,13-14,17H2,1-2H3,(H,39,43). The number of carbonyl (C=O) groups is 2. The highest BCUT2D eigenvalue weighted by Gasteiger charge is 2.38. The van der Waals surface area contributed by atoms with E-state index in [-0.39, 0.29) is 24.8 Å². The molecule has 0 saturated heterocycles. The number of benzene rings is 3. The Kier molecular flexibility index (Phi) is 9.41. The summed E-state index contributed by atoms with van der Waals surface area (Å²) in [5.41, 5.74) is -1.49. The largest absolute Gasteiger partial charge is 0.508 e. The number of aryl methyl sites for hydroxylation is 1. The van der Waals surface area contributed by atoms with Crippen molar-refractivity contribution in [3.63, 3.8) is 0 Å². The van der Waals surface area contributed by atoms with Crippen molar-refractivity contribution in [2.45, 2.75) is 31.2 Å². The zero-order valence-electron chi connectivity index (χ0n) is 23.7. The number of amides is 2. The average Bonchev–Trinajstić information content (AvgIpc) is 3.29. The maximum atomic E-state index is 13.5. The number of aromatic nitrogens is 1. The highest BCUT2D eigenvalue weighted by atomic mass is 19.4. The number of alkyl halides is 6. The normalized spacial score (nSPS) is 12.9. The van der Waals surface area contributed by atoms with Crippen LogP contribution in [0.1, 0.15) is 32.6 Å². The number of carbonyl (C=O) groups excluding carboxylic acids is 2. The van der Waals surface area contributed by atoms with Crippen molar-refractivity contribution in [2.75, 3.05) is 13.6 Å². The Bertz CT molecular complexity index is 1640. The van der Waals surface area contributed by atoms with Crippen molar-refractivity contribution >= 4 is 22.7 Å². The molecular formula is C32H29F6N3O3. The topological polar surface area (TPSA) is 74.6 Å². The van der Waals surface area contributed by atoms with Crippen molar-refractivity contribution in [3.05, 3.63) is 113 Å². The van der Waals surface area contributed by atoms with E-state index in [1.807, 2.05) is 42.1 Å². The van der Waals surface area contributed by atoms with Gasteiger partial charge in [-0.25, -0.2) is 0 Å². The molecule has 0 radical (unpaired) electrons. The molecule has 44 heavy (non-hydrogen) atoms. The van der Waals surface area contributed by atoms with E-state index in [1.54, 1.807) is 12.1 Å². The van der Waals surface area contributed by atoms with Crippen molar-refractivity contribution in [2.24, 2.45) is 7.05 Å². The number of nitrogens with zero attached hydrogens (tertiary/aromatic N) is 2. The van der Waals surface area contributed by atoms with Gasteiger partial charge >= 0.3 is 12.4 Å². The lowest BCUT2D eigenvalue weighted by Crippen LogP contribution is -2.38. The quantitative estimate of drug-likeness (QED) is 0.166. The number of hydrogen-bond donors (Lipinski definition) is 2. The van der Waals surface area contributed by atoms with Gasteiger partial charge in [-0.05, 0) is 60.4 Å². The molecule has 3 aromatic carbocycles. The molecule has 0 spiro atoms. The molecule has 1 aromatic heterocycles. The lowest BCUT2D eigenvalue weighted by Gasteiger charge is -2.27. The second-order valence-electron chi connectivity index (χ2n) is 10.3. The molecule has 0 aliphatic carbocycles. The zero-order chi connectivity index (χ0) is 32.2. The summed E-state index contributed by atoms with van der Waals surface area (Å²) in [6.07, 6.45) is -5.25. The van der Waals surface area contributed by atoms with Crippen LogP contribution in [0.5, 0.6) is 5.75 Å². The van der Waals surface area contributed by atoms with Crippen LogP contribution in [0.25, 0.3) is 10.9 Å². The summed E-state index contributed by atoms with van der Waals surface area (Å²) in [5.74, 6) is -1.48. The molecule has 2 amide bonds. The van der Waals surface area contributed by atoms with E-state index in [1.165, 1.54) is 31.3 Å². The number of aromatic hydroxyl groups is 1. The Morgan fingerprint density at radius 3 is 2.18 bits per heavy atom. The van der Waals surface area contributed by atoms with Crippen LogP contribution in [-0.4, -0.2) is 46.0 Å². The minimum Gasteiger partial charge on any atom is -0.508 e. The predicted molar refractivity (Wildman–Crippen MR) is 153 cm³/mol. The molecular weight excluding hydrogens is 588 g/mol. The SMILES string of the molecule is CN(C(=O)c1cc(C(F)(F)F)cc(C(F)(F)F)c1)C(C=CC(=O)NCCc1ccc(O)cc1)Cc1cn(C)c2ccccc12. The maximum absolute atomic E-state index is 13.5. The number of phenols is 1. The van der Waals surface area contributed by atoms with E-state index in [4.69, 9.17) is 0 Å². The Morgan fingerprint density at radius 2 is 1.57 bits per heavy atom. The summed E-state index contributed by atoms with van der Waals surface area (Å²) < 4.78 is 82.7. The molecule has 0 bridgehead atoms. The van der Waals surface area contributed by atoms with Gasteiger partial charge < -0.3 is 19.9 Å². The molecule has 4 aromatic rings. The van der Waals surface area contributed by atoms with E-state index >= 15 is 0 Å². The third kappa shape index (κ3) is 7.80. The first kappa shape index (κ1) is 32.2. The minimum atomic E-state index is -5.12. The van der Waals surface area contributed by atoms with Gasteiger partial charge in [-0.2, -0.15) is 26.3 Å². The maximum Gasteiger partial charge on any atom is 0.416 e. The Labute approximate surface area is 249 Å². The molecule has 0 aliphatic heterocycles. The van der Waals surface area contributed by atoms with E-state index in [9.17, 15) is 41.0 Å². The highest BCUT2D eigenvalue weighted by Crippen LogP contribution is 2.36. The van der Waals surface area contributed by atoms with Crippen molar-refractivity contribution in [3.8, 4) is 5.75 Å². The molecule has 0 aliphatic rings. The summed E-state index contributed by atoms with van der Waals surface area (Å²) >= 11 is 0. The van der Waals surface area contributed by atoms with Crippen molar-refractivity contribution in [1.29, 1.82) is 0 Å². The Balaban J connectivity index is 1.62. The van der Waals surface area contributed by atoms with Crippen LogP contribution in [0.3, 0.4) is 0 Å². The van der Waals surface area contributed by atoms with Gasteiger partial charge in [0, 0.05) is 49.4 Å². The number of rotatable bonds is 9. The molecule has 0 fully saturated rings. The lowest BCUT2D eigenvalue weighted by atomic mass is 10.0. The molecule has 1 unspecified atom stereocenters. The predicted octanol–water partition coefficient (Wildman–Crippen LogP) is 6.52. The number of nitrogens with one attached hydrogen (secondary N) is 1. The van der Waals surface area contributed by atoms with Crippen molar-refractivity contribution in [1.82, 2.24) is 14.8 Å². The molecule has 12 heteroatoms. The van der Waals surface area contributed by atoms with Gasteiger partial charge in [0.2, 0.25) is 5.91 Å². The first-order chi connectivity index (χ1) is 20.6. The summed E-state index contributed by atoms with van der Waals surface area (Å²) in [7, 11) is 3.08. The summed E-state index contributed by atoms with van der Waals surface area (Å²) in [4.78, 5) is 27.1. The molecule has 0 saturated carbocycles. The lowest BCUT2D eigenvalue weighted by molar-refractivity contribution is -0.143. The Hall–Kier alpha value is -4.74. The summed E-state index contributed by atoms with van der Waals surface area (Å²) in [6, 6.07) is 13.7. The van der Waals surface area contributed by atoms with Crippen LogP contribution >= 0.6 is 0 Å². The van der Waals surface area contributed by atoms with Gasteiger partial charge in [0.1, 0.15) is 5.75 Å². The number of phenolic OH excluding ortho intramolecular Hbond substituents is 1. The fraction of sp³-hybridized carbons (Fsp3) is 0.250. The van der Waals surface area contributed by atoms with Crippen LogP contribution < -0.4 is 5.32 Å². The van der Waals surface area contributed by atoms with E-state index in [0.29, 0.717) is 18.6 Å². The van der Waals surface area contributed by atoms with E-state index in [2.05, 4.69) is 5.32 Å². The molecule has 2 N–H and O–H groups in total. The summed E-state index contributed by atoms with van der Waals surface area (Å²) in [6.45, 7) is 0.251. The molecule has 1 heterocycles. The molecule has 232 valence electrons. The Morgan fingerprint density at radius 1 is 0.955 bits per heavy atom.